The third kappa shape index (κ3) is 2.96. The minimum Gasteiger partial charge on any atom is -0.296 e. The number of benzene rings is 1. The average Bonchev–Trinajstić information content (AvgIpc) is 2.78. The molecule has 1 heterocycles. The second-order valence-electron chi connectivity index (χ2n) is 4.59. The van der Waals surface area contributed by atoms with Crippen LogP contribution in [-0.4, -0.2) is 28.9 Å². The van der Waals surface area contributed by atoms with Crippen LogP contribution in [0.25, 0.3) is 10.2 Å². The molecule has 0 radical (unpaired) electrons. The molecule has 0 spiro atoms. The van der Waals surface area contributed by atoms with E-state index in [0.29, 0.717) is 16.0 Å². The number of aryl methyl sites for hydroxylation is 1. The number of carbonyl (C=O) groups excluding carboxylic acids is 1. The fourth-order valence-electron chi connectivity index (χ4n) is 1.59. The van der Waals surface area contributed by atoms with E-state index >= 15 is 0 Å². The molecule has 2 aromatic rings. The Bertz CT molecular complexity index is 753. The van der Waals surface area contributed by atoms with Gasteiger partial charge >= 0.3 is 23.9 Å². The van der Waals surface area contributed by atoms with Crippen molar-refractivity contribution in [2.45, 2.75) is 24.9 Å². The van der Waals surface area contributed by atoms with Crippen molar-refractivity contribution in [3.05, 3.63) is 23.8 Å². The lowest BCUT2D eigenvalue weighted by Gasteiger charge is -2.26. The van der Waals surface area contributed by atoms with E-state index in [1.54, 1.807) is 19.1 Å². The third-order valence-corrected chi connectivity index (χ3v) is 3.75. The summed E-state index contributed by atoms with van der Waals surface area (Å²) in [6.45, 7) is 1.70. The summed E-state index contributed by atoms with van der Waals surface area (Å²) >= 11 is 0.666. The Labute approximate surface area is 128 Å². The zero-order chi connectivity index (χ0) is 17.6. The smallest absolute Gasteiger partial charge is 0.296 e. The van der Waals surface area contributed by atoms with E-state index in [1.807, 2.05) is 0 Å². The number of rotatable bonds is 3. The fourth-order valence-corrected chi connectivity index (χ4v) is 2.43. The predicted octanol–water partition coefficient (Wildman–Crippen LogP) is 4.38. The molecule has 0 saturated carbocycles. The standard InChI is InChI=1S/C12H7F7N2OS/c1-5-2-3-7-6(4-5)20-9(23-7)21-8(22)10(13,14)11(15,16)12(17,18)19/h2-4H,1H3,(H,20,21,22). The number of halogens is 7. The molecule has 1 aromatic carbocycles. The first kappa shape index (κ1) is 17.4. The van der Waals surface area contributed by atoms with Crippen LogP contribution < -0.4 is 5.32 Å². The van der Waals surface area contributed by atoms with Crippen LogP contribution in [0.4, 0.5) is 35.9 Å². The molecule has 1 aromatic heterocycles. The lowest BCUT2D eigenvalue weighted by atomic mass is 10.1. The maximum atomic E-state index is 13.2. The lowest BCUT2D eigenvalue weighted by Crippen LogP contribution is -2.57. The number of fused-ring (bicyclic) bond motifs is 1. The number of aromatic nitrogens is 1. The number of carbonyl (C=O) groups is 1. The van der Waals surface area contributed by atoms with E-state index in [2.05, 4.69) is 4.98 Å². The first-order valence-electron chi connectivity index (χ1n) is 5.87. The maximum absolute atomic E-state index is 13.2. The molecule has 11 heteroatoms. The zero-order valence-corrected chi connectivity index (χ0v) is 12.0. The van der Waals surface area contributed by atoms with Crippen LogP contribution in [0.5, 0.6) is 0 Å². The highest BCUT2D eigenvalue weighted by Crippen LogP contribution is 2.47. The van der Waals surface area contributed by atoms with E-state index in [-0.39, 0.29) is 5.52 Å². The lowest BCUT2D eigenvalue weighted by molar-refractivity contribution is -0.343. The van der Waals surface area contributed by atoms with Gasteiger partial charge in [-0.25, -0.2) is 4.98 Å². The van der Waals surface area contributed by atoms with Crippen molar-refractivity contribution in [2.24, 2.45) is 0 Å². The minimum atomic E-state index is -6.57. The Morgan fingerprint density at radius 3 is 2.30 bits per heavy atom. The van der Waals surface area contributed by atoms with Gasteiger partial charge in [0.05, 0.1) is 10.2 Å². The van der Waals surface area contributed by atoms with Crippen LogP contribution >= 0.6 is 11.3 Å². The molecule has 0 aliphatic rings. The highest BCUT2D eigenvalue weighted by atomic mass is 32.1. The van der Waals surface area contributed by atoms with E-state index < -0.39 is 29.1 Å². The Hall–Kier alpha value is -1.91. The Morgan fingerprint density at radius 2 is 1.74 bits per heavy atom. The van der Waals surface area contributed by atoms with Gasteiger partial charge in [-0.1, -0.05) is 17.4 Å². The molecule has 0 aliphatic carbocycles. The summed E-state index contributed by atoms with van der Waals surface area (Å²) in [5, 5.41) is 0.802. The topological polar surface area (TPSA) is 42.0 Å². The molecule has 2 rings (SSSR count). The second-order valence-corrected chi connectivity index (χ2v) is 5.62. The third-order valence-electron chi connectivity index (χ3n) is 2.80. The summed E-state index contributed by atoms with van der Waals surface area (Å²) < 4.78 is 88.4. The number of thiazole rings is 1. The zero-order valence-electron chi connectivity index (χ0n) is 11.1. The number of nitrogens with one attached hydrogen (secondary N) is 1. The van der Waals surface area contributed by atoms with Crippen LogP contribution in [0.15, 0.2) is 18.2 Å². The van der Waals surface area contributed by atoms with Gasteiger partial charge in [-0.2, -0.15) is 30.7 Å². The van der Waals surface area contributed by atoms with E-state index in [1.165, 1.54) is 11.4 Å². The molecule has 0 aliphatic heterocycles. The number of alkyl halides is 7. The van der Waals surface area contributed by atoms with Gasteiger partial charge < -0.3 is 0 Å². The number of amides is 1. The summed E-state index contributed by atoms with van der Waals surface area (Å²) in [6.07, 6.45) is -6.57. The Balaban J connectivity index is 2.29. The summed E-state index contributed by atoms with van der Waals surface area (Å²) in [5.41, 5.74) is 1.05. The first-order chi connectivity index (χ1) is 10.4. The molecule has 1 amide bonds. The van der Waals surface area contributed by atoms with Gasteiger partial charge in [-0.05, 0) is 24.6 Å². The molecule has 126 valence electrons. The quantitative estimate of drug-likeness (QED) is 0.826. The molecular weight excluding hydrogens is 353 g/mol. The van der Waals surface area contributed by atoms with Gasteiger partial charge in [-0.3, -0.25) is 10.1 Å². The monoisotopic (exact) mass is 360 g/mol. The summed E-state index contributed by atoms with van der Waals surface area (Å²) in [4.78, 5) is 14.9. The molecule has 0 atom stereocenters. The fraction of sp³-hybridized carbons (Fsp3) is 0.333. The molecule has 0 unspecified atom stereocenters. The van der Waals surface area contributed by atoms with Gasteiger partial charge in [0, 0.05) is 0 Å². The molecule has 3 nitrogen and oxygen atoms in total. The number of hydrogen-bond acceptors (Lipinski definition) is 3. The first-order valence-corrected chi connectivity index (χ1v) is 6.69. The van der Waals surface area contributed by atoms with Crippen molar-refractivity contribution < 1.29 is 35.5 Å². The van der Waals surface area contributed by atoms with Crippen molar-refractivity contribution >= 4 is 32.6 Å². The van der Waals surface area contributed by atoms with Crippen LogP contribution in [0.3, 0.4) is 0 Å². The van der Waals surface area contributed by atoms with Crippen molar-refractivity contribution in [3.8, 4) is 0 Å². The van der Waals surface area contributed by atoms with E-state index in [4.69, 9.17) is 0 Å². The van der Waals surface area contributed by atoms with Crippen molar-refractivity contribution in [3.63, 3.8) is 0 Å². The Kier molecular flexibility index (Phi) is 4.04. The van der Waals surface area contributed by atoms with Crippen molar-refractivity contribution in [1.29, 1.82) is 0 Å². The molecule has 1 N–H and O–H groups in total. The molecule has 0 saturated heterocycles. The minimum absolute atomic E-state index is 0.288. The van der Waals surface area contributed by atoms with Gasteiger partial charge in [0.2, 0.25) is 0 Å². The molecule has 0 fully saturated rings. The Morgan fingerprint density at radius 1 is 1.13 bits per heavy atom. The highest BCUT2D eigenvalue weighted by Gasteiger charge is 2.76. The maximum Gasteiger partial charge on any atom is 0.460 e. The van der Waals surface area contributed by atoms with Gasteiger partial charge in [0.1, 0.15) is 0 Å². The highest BCUT2D eigenvalue weighted by molar-refractivity contribution is 7.22. The molecule has 0 bridgehead atoms. The van der Waals surface area contributed by atoms with Crippen LogP contribution in [-0.2, 0) is 4.79 Å². The van der Waals surface area contributed by atoms with E-state index in [9.17, 15) is 35.5 Å². The number of hydrogen-bond donors (Lipinski definition) is 1. The van der Waals surface area contributed by atoms with Crippen molar-refractivity contribution in [2.75, 3.05) is 5.32 Å². The average molecular weight is 360 g/mol. The normalized spacial score (nSPS) is 13.4. The molecule has 23 heavy (non-hydrogen) atoms. The van der Waals surface area contributed by atoms with Gasteiger partial charge in [0.15, 0.2) is 5.13 Å². The predicted molar refractivity (Wildman–Crippen MR) is 68.9 cm³/mol. The summed E-state index contributed by atoms with van der Waals surface area (Å²) in [7, 11) is 0. The van der Waals surface area contributed by atoms with Crippen LogP contribution in [0, 0.1) is 6.92 Å². The SMILES string of the molecule is Cc1ccc2sc(NC(=O)C(F)(F)C(F)(F)C(F)(F)F)nc2c1. The molecular formula is C12H7F7N2OS. The van der Waals surface area contributed by atoms with Gasteiger partial charge in [-0.15, -0.1) is 0 Å². The van der Waals surface area contributed by atoms with Crippen molar-refractivity contribution in [1.82, 2.24) is 4.98 Å². The van der Waals surface area contributed by atoms with Crippen LogP contribution in [0.2, 0.25) is 0 Å². The van der Waals surface area contributed by atoms with Crippen LogP contribution in [0.1, 0.15) is 5.56 Å². The van der Waals surface area contributed by atoms with Gasteiger partial charge in [0.25, 0.3) is 0 Å². The second kappa shape index (κ2) is 5.32. The summed E-state index contributed by atoms with van der Waals surface area (Å²) in [6, 6.07) is 4.73. The largest absolute Gasteiger partial charge is 0.460 e. The summed E-state index contributed by atoms with van der Waals surface area (Å²) in [5.74, 6) is -15.3. The number of anilines is 1. The number of nitrogens with zero attached hydrogens (tertiary/aromatic N) is 1. The van der Waals surface area contributed by atoms with E-state index in [0.717, 1.165) is 5.56 Å².